The van der Waals surface area contributed by atoms with E-state index in [9.17, 15) is 4.39 Å². The number of para-hydroxylation sites is 1. The highest BCUT2D eigenvalue weighted by molar-refractivity contribution is 6.20. The van der Waals surface area contributed by atoms with Crippen molar-refractivity contribution in [1.29, 1.82) is 0 Å². The van der Waals surface area contributed by atoms with E-state index in [1.165, 1.54) is 45.7 Å². The third-order valence-corrected chi connectivity index (χ3v) is 7.91. The summed E-state index contributed by atoms with van der Waals surface area (Å²) in [4.78, 5) is 8.86. The van der Waals surface area contributed by atoms with Crippen molar-refractivity contribution in [3.05, 3.63) is 114 Å². The molecule has 0 radical (unpaired) electrons. The van der Waals surface area contributed by atoms with E-state index in [0.29, 0.717) is 5.95 Å². The number of allylic oxidation sites excluding steroid dienone is 4. The molecule has 37 heavy (non-hydrogen) atoms. The Morgan fingerprint density at radius 1 is 0.784 bits per heavy atom. The van der Waals surface area contributed by atoms with Crippen LogP contribution >= 0.6 is 0 Å². The average Bonchev–Trinajstić information content (AvgIpc) is 3.47. The number of hydrogen-bond donors (Lipinski definition) is 0. The number of hydrogen-bond acceptors (Lipinski definition) is 2. The molecule has 3 aromatic heterocycles. The molecule has 0 saturated heterocycles. The number of aryl methyl sites for hydroxylation is 1. The van der Waals surface area contributed by atoms with Crippen LogP contribution in [0.3, 0.4) is 0 Å². The Labute approximate surface area is 213 Å². The van der Waals surface area contributed by atoms with E-state index < -0.39 is 5.82 Å². The predicted octanol–water partition coefficient (Wildman–Crippen LogP) is 7.49. The van der Waals surface area contributed by atoms with Crippen LogP contribution in [0, 0.1) is 5.82 Å². The van der Waals surface area contributed by atoms with Gasteiger partial charge >= 0.3 is 0 Å². The molecule has 8 rings (SSSR count). The minimum absolute atomic E-state index is 0.215. The lowest BCUT2D eigenvalue weighted by Crippen LogP contribution is -2.14. The summed E-state index contributed by atoms with van der Waals surface area (Å²) in [5.41, 5.74) is 8.70. The molecule has 0 N–H and O–H groups in total. The van der Waals surface area contributed by atoms with E-state index in [2.05, 4.69) is 98.0 Å². The second kappa shape index (κ2) is 7.74. The fraction of sp³-hybridized carbons (Fsp3) is 0.125. The van der Waals surface area contributed by atoms with Crippen LogP contribution in [0.5, 0.6) is 0 Å². The van der Waals surface area contributed by atoms with Gasteiger partial charge in [0.1, 0.15) is 0 Å². The molecule has 0 amide bonds. The van der Waals surface area contributed by atoms with Gasteiger partial charge in [-0.25, -0.2) is 14.4 Å². The van der Waals surface area contributed by atoms with E-state index >= 15 is 0 Å². The Morgan fingerprint density at radius 2 is 1.59 bits per heavy atom. The van der Waals surface area contributed by atoms with Crippen LogP contribution in [0.1, 0.15) is 23.7 Å². The minimum atomic E-state index is -0.441. The average molecular weight is 483 g/mol. The van der Waals surface area contributed by atoms with Gasteiger partial charge in [0, 0.05) is 27.4 Å². The molecule has 2 aliphatic carbocycles. The van der Waals surface area contributed by atoms with Crippen molar-refractivity contribution in [1.82, 2.24) is 19.1 Å². The smallest absolute Gasteiger partial charge is 0.234 e. The second-order valence-corrected chi connectivity index (χ2v) is 9.88. The SMILES string of the molecule is Fc1cnc(-n2c3ccccc3c3ccc4c5c(n(C6C=CC=CC6)c4c32)CCc2ccccc2-5)nc1. The van der Waals surface area contributed by atoms with Crippen LogP contribution in [0.25, 0.3) is 49.8 Å². The molecule has 5 heteroatoms. The standard InChI is InChI=1S/C32H23FN4/c33-21-18-34-32(35-19-21)37-27-13-7-6-12-24(27)25-15-16-26-29-23-11-5-4-8-20(23)14-17-28(29)36(31(26)30(25)37)22-9-2-1-3-10-22/h1-9,11-13,15-16,18-19,22H,10,14,17H2. The first kappa shape index (κ1) is 20.7. The predicted molar refractivity (Wildman–Crippen MR) is 147 cm³/mol. The summed E-state index contributed by atoms with van der Waals surface area (Å²) in [6, 6.07) is 21.9. The van der Waals surface area contributed by atoms with Crippen molar-refractivity contribution in [2.24, 2.45) is 0 Å². The number of benzene rings is 3. The van der Waals surface area contributed by atoms with Gasteiger partial charge in [-0.1, -0.05) is 78.9 Å². The maximum Gasteiger partial charge on any atom is 0.234 e. The first-order chi connectivity index (χ1) is 18.3. The van der Waals surface area contributed by atoms with Crippen molar-refractivity contribution in [3.8, 4) is 17.1 Å². The molecule has 3 aromatic carbocycles. The van der Waals surface area contributed by atoms with Gasteiger partial charge in [0.2, 0.25) is 5.95 Å². The number of fused-ring (bicyclic) bond motifs is 9. The van der Waals surface area contributed by atoms with Gasteiger partial charge in [0.25, 0.3) is 0 Å². The van der Waals surface area contributed by atoms with Crippen LogP contribution in [0.2, 0.25) is 0 Å². The van der Waals surface area contributed by atoms with Gasteiger partial charge in [-0.2, -0.15) is 0 Å². The molecule has 3 heterocycles. The molecule has 178 valence electrons. The molecule has 4 nitrogen and oxygen atoms in total. The van der Waals surface area contributed by atoms with Crippen molar-refractivity contribution in [2.75, 3.05) is 0 Å². The number of halogens is 1. The normalized spacial score (nSPS) is 16.5. The lowest BCUT2D eigenvalue weighted by Gasteiger charge is -2.24. The summed E-state index contributed by atoms with van der Waals surface area (Å²) in [6.07, 6.45) is 14.3. The molecule has 0 aliphatic heterocycles. The first-order valence-electron chi connectivity index (χ1n) is 12.8. The van der Waals surface area contributed by atoms with Gasteiger partial charge in [0.05, 0.1) is 35.0 Å². The van der Waals surface area contributed by atoms with Gasteiger partial charge in [-0.3, -0.25) is 4.57 Å². The highest BCUT2D eigenvalue weighted by atomic mass is 19.1. The van der Waals surface area contributed by atoms with E-state index in [0.717, 1.165) is 41.1 Å². The molecule has 6 aromatic rings. The first-order valence-corrected chi connectivity index (χ1v) is 12.8. The summed E-state index contributed by atoms with van der Waals surface area (Å²) < 4.78 is 18.5. The fourth-order valence-electron chi connectivity index (χ4n) is 6.43. The highest BCUT2D eigenvalue weighted by Gasteiger charge is 2.29. The van der Waals surface area contributed by atoms with Crippen molar-refractivity contribution in [3.63, 3.8) is 0 Å². The molecule has 1 atom stereocenters. The molecule has 0 fully saturated rings. The van der Waals surface area contributed by atoms with Crippen LogP contribution < -0.4 is 0 Å². The number of nitrogens with zero attached hydrogens (tertiary/aromatic N) is 4. The zero-order valence-electron chi connectivity index (χ0n) is 20.1. The van der Waals surface area contributed by atoms with Crippen LogP contribution in [-0.4, -0.2) is 19.1 Å². The summed E-state index contributed by atoms with van der Waals surface area (Å²) in [7, 11) is 0. The van der Waals surface area contributed by atoms with Crippen LogP contribution in [-0.2, 0) is 12.8 Å². The summed E-state index contributed by atoms with van der Waals surface area (Å²) in [6.45, 7) is 0. The van der Waals surface area contributed by atoms with E-state index in [1.54, 1.807) is 0 Å². The third kappa shape index (κ3) is 2.88. The summed E-state index contributed by atoms with van der Waals surface area (Å²) >= 11 is 0. The monoisotopic (exact) mass is 482 g/mol. The lowest BCUT2D eigenvalue weighted by atomic mass is 9.88. The topological polar surface area (TPSA) is 35.6 Å². The Morgan fingerprint density at radius 3 is 2.46 bits per heavy atom. The summed E-state index contributed by atoms with van der Waals surface area (Å²) in [5, 5.41) is 3.53. The van der Waals surface area contributed by atoms with Gasteiger partial charge < -0.3 is 4.57 Å². The molecule has 0 bridgehead atoms. The Bertz CT molecular complexity index is 1920. The quantitative estimate of drug-likeness (QED) is 0.256. The molecule has 0 spiro atoms. The van der Waals surface area contributed by atoms with Gasteiger partial charge in [0.15, 0.2) is 5.82 Å². The Hall–Kier alpha value is -4.51. The summed E-state index contributed by atoms with van der Waals surface area (Å²) in [5.74, 6) is 0.0366. The zero-order valence-corrected chi connectivity index (χ0v) is 20.1. The third-order valence-electron chi connectivity index (χ3n) is 7.91. The van der Waals surface area contributed by atoms with Crippen molar-refractivity contribution >= 4 is 32.7 Å². The lowest BCUT2D eigenvalue weighted by molar-refractivity contribution is 0.598. The second-order valence-electron chi connectivity index (χ2n) is 9.88. The van der Waals surface area contributed by atoms with E-state index in [1.807, 2.05) is 6.07 Å². The van der Waals surface area contributed by atoms with Crippen molar-refractivity contribution in [2.45, 2.75) is 25.3 Å². The zero-order chi connectivity index (χ0) is 24.5. The largest absolute Gasteiger partial charge is 0.335 e. The molecular formula is C32H23FN4. The minimum Gasteiger partial charge on any atom is -0.335 e. The molecule has 1 unspecified atom stereocenters. The highest BCUT2D eigenvalue weighted by Crippen LogP contribution is 2.47. The van der Waals surface area contributed by atoms with Gasteiger partial charge in [-0.15, -0.1) is 0 Å². The number of rotatable bonds is 2. The molecule has 2 aliphatic rings. The van der Waals surface area contributed by atoms with Crippen molar-refractivity contribution < 1.29 is 4.39 Å². The van der Waals surface area contributed by atoms with E-state index in [4.69, 9.17) is 0 Å². The Kier molecular flexibility index (Phi) is 4.32. The number of aromatic nitrogens is 4. The van der Waals surface area contributed by atoms with Crippen LogP contribution in [0.4, 0.5) is 4.39 Å². The van der Waals surface area contributed by atoms with Crippen LogP contribution in [0.15, 0.2) is 97.4 Å². The van der Waals surface area contributed by atoms with E-state index in [-0.39, 0.29) is 6.04 Å². The van der Waals surface area contributed by atoms with Gasteiger partial charge in [-0.05, 0) is 36.5 Å². The maximum absolute atomic E-state index is 13.9. The molecule has 0 saturated carbocycles. The fourth-order valence-corrected chi connectivity index (χ4v) is 6.43. The Balaban J connectivity index is 1.59. The molecular weight excluding hydrogens is 459 g/mol. The maximum atomic E-state index is 13.9.